The summed E-state index contributed by atoms with van der Waals surface area (Å²) in [6, 6.07) is 0. The predicted molar refractivity (Wildman–Crippen MR) is 80.3 cm³/mol. The van der Waals surface area contributed by atoms with Crippen molar-refractivity contribution in [1.29, 1.82) is 0 Å². The molecule has 4 nitrogen and oxygen atoms in total. The van der Waals surface area contributed by atoms with Crippen molar-refractivity contribution in [3.8, 4) is 0 Å². The van der Waals surface area contributed by atoms with Gasteiger partial charge in [-0.2, -0.15) is 0 Å². The Morgan fingerprint density at radius 1 is 1.35 bits per heavy atom. The standard InChI is InChI=1S/C16H30N2O2/c1-4-15(3)8-10-18(11-9-15)12-16(17,13-6-7-13)14(19)20-5-2/h13H,4-12,17H2,1-3H3. The third-order valence-corrected chi connectivity index (χ3v) is 5.36. The van der Waals surface area contributed by atoms with Gasteiger partial charge in [0.2, 0.25) is 0 Å². The fourth-order valence-corrected chi connectivity index (χ4v) is 3.20. The Morgan fingerprint density at radius 3 is 2.40 bits per heavy atom. The van der Waals surface area contributed by atoms with Crippen LogP contribution in [0.1, 0.15) is 52.9 Å². The molecule has 0 aromatic carbocycles. The van der Waals surface area contributed by atoms with Crippen LogP contribution in [0.2, 0.25) is 0 Å². The smallest absolute Gasteiger partial charge is 0.327 e. The molecule has 1 heterocycles. The summed E-state index contributed by atoms with van der Waals surface area (Å²) in [4.78, 5) is 14.6. The Kier molecular flexibility index (Phi) is 4.75. The quantitative estimate of drug-likeness (QED) is 0.759. The summed E-state index contributed by atoms with van der Waals surface area (Å²) in [6.45, 7) is 9.66. The van der Waals surface area contributed by atoms with Crippen molar-refractivity contribution >= 4 is 5.97 Å². The van der Waals surface area contributed by atoms with Crippen molar-refractivity contribution in [3.63, 3.8) is 0 Å². The maximum Gasteiger partial charge on any atom is 0.327 e. The molecule has 4 heteroatoms. The average molecular weight is 282 g/mol. The van der Waals surface area contributed by atoms with Crippen LogP contribution in [0.15, 0.2) is 0 Å². The maximum absolute atomic E-state index is 12.2. The molecule has 1 atom stereocenters. The molecule has 1 saturated carbocycles. The van der Waals surface area contributed by atoms with Gasteiger partial charge in [0.1, 0.15) is 5.54 Å². The van der Waals surface area contributed by atoms with Crippen molar-refractivity contribution in [1.82, 2.24) is 4.90 Å². The highest BCUT2D eigenvalue weighted by molar-refractivity contribution is 5.82. The summed E-state index contributed by atoms with van der Waals surface area (Å²) in [7, 11) is 0. The molecule has 1 aliphatic carbocycles. The number of carbonyl (C=O) groups excluding carboxylic acids is 1. The fourth-order valence-electron chi connectivity index (χ4n) is 3.20. The van der Waals surface area contributed by atoms with Gasteiger partial charge in [0, 0.05) is 6.54 Å². The van der Waals surface area contributed by atoms with E-state index in [1.807, 2.05) is 6.92 Å². The van der Waals surface area contributed by atoms with Crippen LogP contribution < -0.4 is 5.73 Å². The zero-order valence-corrected chi connectivity index (χ0v) is 13.3. The van der Waals surface area contributed by atoms with Crippen LogP contribution >= 0.6 is 0 Å². The van der Waals surface area contributed by atoms with Crippen LogP contribution in [0.25, 0.3) is 0 Å². The van der Waals surface area contributed by atoms with Crippen molar-refractivity contribution < 1.29 is 9.53 Å². The van der Waals surface area contributed by atoms with E-state index in [2.05, 4.69) is 18.7 Å². The van der Waals surface area contributed by atoms with E-state index < -0.39 is 5.54 Å². The first-order valence-corrected chi connectivity index (χ1v) is 8.12. The SMILES string of the molecule is CCOC(=O)C(N)(CN1CCC(C)(CC)CC1)C1CC1. The van der Waals surface area contributed by atoms with Gasteiger partial charge in [-0.15, -0.1) is 0 Å². The molecule has 2 N–H and O–H groups in total. The topological polar surface area (TPSA) is 55.6 Å². The minimum atomic E-state index is -0.782. The van der Waals surface area contributed by atoms with Gasteiger partial charge in [0.25, 0.3) is 0 Å². The van der Waals surface area contributed by atoms with E-state index in [1.165, 1.54) is 19.3 Å². The highest BCUT2D eigenvalue weighted by Gasteiger charge is 2.50. The van der Waals surface area contributed by atoms with Crippen LogP contribution in [0, 0.1) is 11.3 Å². The summed E-state index contributed by atoms with van der Waals surface area (Å²) in [5.41, 5.74) is 6.14. The summed E-state index contributed by atoms with van der Waals surface area (Å²) in [5.74, 6) is 0.118. The molecule has 116 valence electrons. The number of likely N-dealkylation sites (tertiary alicyclic amines) is 1. The monoisotopic (exact) mass is 282 g/mol. The van der Waals surface area contributed by atoms with E-state index in [9.17, 15) is 4.79 Å². The van der Waals surface area contributed by atoms with Gasteiger partial charge in [0.15, 0.2) is 0 Å². The molecule has 2 fully saturated rings. The van der Waals surface area contributed by atoms with Gasteiger partial charge in [-0.05, 0) is 57.0 Å². The van der Waals surface area contributed by atoms with E-state index in [4.69, 9.17) is 10.5 Å². The van der Waals surface area contributed by atoms with Crippen LogP contribution in [0.3, 0.4) is 0 Å². The lowest BCUT2D eigenvalue weighted by Crippen LogP contribution is -2.59. The Balaban J connectivity index is 1.94. The van der Waals surface area contributed by atoms with Gasteiger partial charge in [-0.25, -0.2) is 4.79 Å². The molecular formula is C16H30N2O2. The number of hydrogen-bond donors (Lipinski definition) is 1. The molecule has 0 spiro atoms. The lowest BCUT2D eigenvalue weighted by atomic mass is 9.78. The Morgan fingerprint density at radius 2 is 1.95 bits per heavy atom. The first-order valence-electron chi connectivity index (χ1n) is 8.12. The first kappa shape index (κ1) is 15.8. The Labute approximate surface area is 123 Å². The van der Waals surface area contributed by atoms with Crippen LogP contribution in [-0.2, 0) is 9.53 Å². The molecule has 0 aromatic heterocycles. The van der Waals surface area contributed by atoms with Crippen molar-refractivity contribution in [2.45, 2.75) is 58.4 Å². The molecule has 1 unspecified atom stereocenters. The number of ether oxygens (including phenoxy) is 1. The van der Waals surface area contributed by atoms with E-state index in [0.29, 0.717) is 24.5 Å². The largest absolute Gasteiger partial charge is 0.465 e. The van der Waals surface area contributed by atoms with Gasteiger partial charge in [-0.3, -0.25) is 0 Å². The zero-order valence-electron chi connectivity index (χ0n) is 13.3. The lowest BCUT2D eigenvalue weighted by molar-refractivity contribution is -0.151. The summed E-state index contributed by atoms with van der Waals surface area (Å²) in [5, 5.41) is 0. The van der Waals surface area contributed by atoms with Gasteiger partial charge in [-0.1, -0.05) is 20.3 Å². The van der Waals surface area contributed by atoms with E-state index in [-0.39, 0.29) is 5.97 Å². The minimum Gasteiger partial charge on any atom is -0.465 e. The molecule has 0 amide bonds. The fraction of sp³-hybridized carbons (Fsp3) is 0.938. The average Bonchev–Trinajstić information content (AvgIpc) is 3.26. The third-order valence-electron chi connectivity index (χ3n) is 5.36. The predicted octanol–water partition coefficient (Wildman–Crippen LogP) is 2.17. The van der Waals surface area contributed by atoms with Crippen molar-refractivity contribution in [3.05, 3.63) is 0 Å². The molecule has 0 radical (unpaired) electrons. The van der Waals surface area contributed by atoms with Gasteiger partial charge in [0.05, 0.1) is 6.61 Å². The third kappa shape index (κ3) is 3.34. The minimum absolute atomic E-state index is 0.202. The first-order chi connectivity index (χ1) is 9.43. The number of nitrogens with two attached hydrogens (primary N) is 1. The van der Waals surface area contributed by atoms with Crippen molar-refractivity contribution in [2.75, 3.05) is 26.2 Å². The molecule has 0 bridgehead atoms. The van der Waals surface area contributed by atoms with Crippen LogP contribution in [-0.4, -0.2) is 42.6 Å². The second kappa shape index (κ2) is 6.02. The van der Waals surface area contributed by atoms with Crippen molar-refractivity contribution in [2.24, 2.45) is 17.1 Å². The maximum atomic E-state index is 12.2. The number of hydrogen-bond acceptors (Lipinski definition) is 4. The zero-order chi connectivity index (χ0) is 14.8. The highest BCUT2D eigenvalue weighted by Crippen LogP contribution is 2.41. The molecule has 2 rings (SSSR count). The molecule has 2 aliphatic rings. The van der Waals surface area contributed by atoms with E-state index >= 15 is 0 Å². The molecule has 20 heavy (non-hydrogen) atoms. The second-order valence-corrected chi connectivity index (χ2v) is 6.98. The molecule has 1 aliphatic heterocycles. The van der Waals surface area contributed by atoms with Gasteiger partial charge < -0.3 is 15.4 Å². The number of carbonyl (C=O) groups is 1. The summed E-state index contributed by atoms with van der Waals surface area (Å²) >= 11 is 0. The molecule has 1 saturated heterocycles. The van der Waals surface area contributed by atoms with Crippen LogP contribution in [0.5, 0.6) is 0 Å². The number of rotatable bonds is 6. The van der Waals surface area contributed by atoms with E-state index in [1.54, 1.807) is 0 Å². The molecule has 0 aromatic rings. The number of esters is 1. The Hall–Kier alpha value is -0.610. The number of nitrogens with zero attached hydrogens (tertiary/aromatic N) is 1. The normalized spacial score (nSPS) is 26.0. The number of piperidine rings is 1. The Bertz CT molecular complexity index is 346. The van der Waals surface area contributed by atoms with Gasteiger partial charge >= 0.3 is 5.97 Å². The summed E-state index contributed by atoms with van der Waals surface area (Å²) < 4.78 is 5.22. The second-order valence-electron chi connectivity index (χ2n) is 6.98. The summed E-state index contributed by atoms with van der Waals surface area (Å²) in [6.07, 6.45) is 5.76. The highest BCUT2D eigenvalue weighted by atomic mass is 16.5. The molecular weight excluding hydrogens is 252 g/mol. The lowest BCUT2D eigenvalue weighted by Gasteiger charge is -2.42. The van der Waals surface area contributed by atoms with E-state index in [0.717, 1.165) is 25.9 Å². The van der Waals surface area contributed by atoms with Crippen LogP contribution in [0.4, 0.5) is 0 Å².